The number of carbonyl (C=O) groups excluding carboxylic acids is 3. The lowest BCUT2D eigenvalue weighted by Gasteiger charge is -2.32. The Morgan fingerprint density at radius 1 is 1.20 bits per heavy atom. The van der Waals surface area contributed by atoms with Gasteiger partial charge in [0.25, 0.3) is 5.91 Å². The number of esters is 1. The quantitative estimate of drug-likeness (QED) is 0.677. The van der Waals surface area contributed by atoms with Crippen LogP contribution in [0.5, 0.6) is 0 Å². The first-order chi connectivity index (χ1) is 14.4. The molecular formula is C22H25FN2O5. The first kappa shape index (κ1) is 21.5. The largest absolute Gasteiger partial charge is 0.466 e. The third-order valence-electron chi connectivity index (χ3n) is 5.06. The van der Waals surface area contributed by atoms with Gasteiger partial charge in [0.2, 0.25) is 5.91 Å². The Hall–Kier alpha value is -3.16. The molecule has 1 aromatic carbocycles. The number of benzene rings is 1. The van der Waals surface area contributed by atoms with Crippen LogP contribution in [0.4, 0.5) is 4.39 Å². The molecule has 160 valence electrons. The van der Waals surface area contributed by atoms with E-state index in [2.05, 4.69) is 0 Å². The summed E-state index contributed by atoms with van der Waals surface area (Å²) < 4.78 is 23.7. The van der Waals surface area contributed by atoms with Crippen LogP contribution in [0.25, 0.3) is 11.3 Å². The molecule has 8 heteroatoms. The van der Waals surface area contributed by atoms with E-state index in [0.717, 1.165) is 0 Å². The normalized spacial score (nSPS) is 16.2. The summed E-state index contributed by atoms with van der Waals surface area (Å²) in [6, 6.07) is 8.90. The van der Waals surface area contributed by atoms with E-state index >= 15 is 0 Å². The smallest absolute Gasteiger partial charge is 0.310 e. The van der Waals surface area contributed by atoms with Gasteiger partial charge in [-0.3, -0.25) is 14.4 Å². The minimum Gasteiger partial charge on any atom is -0.466 e. The van der Waals surface area contributed by atoms with Crippen LogP contribution in [0.2, 0.25) is 0 Å². The highest BCUT2D eigenvalue weighted by atomic mass is 19.1. The second-order valence-electron chi connectivity index (χ2n) is 7.26. The van der Waals surface area contributed by atoms with Crippen LogP contribution in [-0.4, -0.2) is 60.9 Å². The Morgan fingerprint density at radius 2 is 1.93 bits per heavy atom. The molecule has 7 nitrogen and oxygen atoms in total. The van der Waals surface area contributed by atoms with E-state index in [1.807, 2.05) is 0 Å². The van der Waals surface area contributed by atoms with E-state index in [4.69, 9.17) is 9.15 Å². The molecule has 1 saturated heterocycles. The summed E-state index contributed by atoms with van der Waals surface area (Å²) in [7, 11) is 1.52. The molecule has 0 radical (unpaired) electrons. The van der Waals surface area contributed by atoms with Crippen LogP contribution in [-0.2, 0) is 14.3 Å². The van der Waals surface area contributed by atoms with Crippen molar-refractivity contribution < 1.29 is 27.9 Å². The van der Waals surface area contributed by atoms with E-state index in [9.17, 15) is 18.8 Å². The summed E-state index contributed by atoms with van der Waals surface area (Å²) in [5.41, 5.74) is 0.646. The average molecular weight is 416 g/mol. The summed E-state index contributed by atoms with van der Waals surface area (Å²) in [5, 5.41) is 0. The van der Waals surface area contributed by atoms with Gasteiger partial charge in [-0.25, -0.2) is 4.39 Å². The number of furan rings is 1. The molecule has 0 N–H and O–H groups in total. The van der Waals surface area contributed by atoms with Gasteiger partial charge in [-0.15, -0.1) is 0 Å². The van der Waals surface area contributed by atoms with Gasteiger partial charge in [-0.1, -0.05) is 0 Å². The third-order valence-corrected chi connectivity index (χ3v) is 5.06. The molecule has 0 spiro atoms. The zero-order chi connectivity index (χ0) is 21.7. The lowest BCUT2D eigenvalue weighted by atomic mass is 9.98. The van der Waals surface area contributed by atoms with Gasteiger partial charge in [0.15, 0.2) is 5.76 Å². The van der Waals surface area contributed by atoms with E-state index in [-0.39, 0.29) is 35.9 Å². The summed E-state index contributed by atoms with van der Waals surface area (Å²) in [5.74, 6) is -1.11. The Labute approximate surface area is 174 Å². The summed E-state index contributed by atoms with van der Waals surface area (Å²) in [6.45, 7) is 2.78. The predicted molar refractivity (Wildman–Crippen MR) is 107 cm³/mol. The number of carbonyl (C=O) groups is 3. The maximum Gasteiger partial charge on any atom is 0.310 e. The van der Waals surface area contributed by atoms with Crippen molar-refractivity contribution in [3.63, 3.8) is 0 Å². The number of rotatable bonds is 6. The Bertz CT molecular complexity index is 909. The van der Waals surface area contributed by atoms with Gasteiger partial charge in [-0.05, 0) is 56.2 Å². The Morgan fingerprint density at radius 3 is 2.63 bits per heavy atom. The number of hydrogen-bond acceptors (Lipinski definition) is 5. The van der Waals surface area contributed by atoms with Gasteiger partial charge in [0.05, 0.1) is 19.1 Å². The first-order valence-corrected chi connectivity index (χ1v) is 9.94. The molecule has 1 fully saturated rings. The molecule has 1 atom stereocenters. The van der Waals surface area contributed by atoms with Crippen molar-refractivity contribution >= 4 is 17.8 Å². The van der Waals surface area contributed by atoms with Gasteiger partial charge < -0.3 is 19.0 Å². The monoisotopic (exact) mass is 416 g/mol. The zero-order valence-electron chi connectivity index (χ0n) is 17.1. The van der Waals surface area contributed by atoms with Crippen LogP contribution >= 0.6 is 0 Å². The molecule has 3 rings (SSSR count). The van der Waals surface area contributed by atoms with Crippen molar-refractivity contribution in [3.05, 3.63) is 48.0 Å². The Balaban J connectivity index is 1.59. The molecule has 0 bridgehead atoms. The molecular weight excluding hydrogens is 391 g/mol. The van der Waals surface area contributed by atoms with Crippen molar-refractivity contribution in [2.45, 2.75) is 19.8 Å². The maximum absolute atomic E-state index is 13.1. The fraction of sp³-hybridized carbons (Fsp3) is 0.409. The standard InChI is InChI=1S/C22H25FN2O5/c1-3-29-22(28)16-5-4-12-25(13-16)20(26)14-24(2)21(27)19-11-10-18(30-19)15-6-8-17(23)9-7-15/h6-11,16H,3-5,12-14H2,1-2H3. The van der Waals surface area contributed by atoms with Crippen molar-refractivity contribution in [1.82, 2.24) is 9.80 Å². The van der Waals surface area contributed by atoms with E-state index in [1.165, 1.54) is 30.1 Å². The molecule has 1 aliphatic heterocycles. The summed E-state index contributed by atoms with van der Waals surface area (Å²) in [6.07, 6.45) is 1.40. The highest BCUT2D eigenvalue weighted by Gasteiger charge is 2.30. The number of ether oxygens (including phenoxy) is 1. The summed E-state index contributed by atoms with van der Waals surface area (Å²) >= 11 is 0. The van der Waals surface area contributed by atoms with Gasteiger partial charge in [-0.2, -0.15) is 0 Å². The first-order valence-electron chi connectivity index (χ1n) is 9.94. The number of amides is 2. The highest BCUT2D eigenvalue weighted by Crippen LogP contribution is 2.23. The van der Waals surface area contributed by atoms with Crippen molar-refractivity contribution in [2.24, 2.45) is 5.92 Å². The summed E-state index contributed by atoms with van der Waals surface area (Å²) in [4.78, 5) is 40.1. The fourth-order valence-corrected chi connectivity index (χ4v) is 3.44. The molecule has 2 heterocycles. The number of nitrogens with zero attached hydrogens (tertiary/aromatic N) is 2. The number of likely N-dealkylation sites (N-methyl/N-ethyl adjacent to an activating group) is 1. The topological polar surface area (TPSA) is 80.1 Å². The third kappa shape index (κ3) is 5.06. The average Bonchev–Trinajstić information content (AvgIpc) is 3.24. The van der Waals surface area contributed by atoms with Crippen LogP contribution < -0.4 is 0 Å². The highest BCUT2D eigenvalue weighted by molar-refractivity contribution is 5.94. The van der Waals surface area contributed by atoms with Crippen LogP contribution in [0, 0.1) is 11.7 Å². The van der Waals surface area contributed by atoms with Crippen LogP contribution in [0.15, 0.2) is 40.8 Å². The van der Waals surface area contributed by atoms with E-state index < -0.39 is 5.91 Å². The zero-order valence-corrected chi connectivity index (χ0v) is 17.1. The predicted octanol–water partition coefficient (Wildman–Crippen LogP) is 2.96. The minimum atomic E-state index is -0.435. The number of hydrogen-bond donors (Lipinski definition) is 0. The van der Waals surface area contributed by atoms with Crippen molar-refractivity contribution in [1.29, 1.82) is 0 Å². The van der Waals surface area contributed by atoms with E-state index in [0.29, 0.717) is 43.9 Å². The SMILES string of the molecule is CCOC(=O)C1CCCN(C(=O)CN(C)C(=O)c2ccc(-c3ccc(F)cc3)o2)C1. The second kappa shape index (κ2) is 9.56. The van der Waals surface area contributed by atoms with Gasteiger partial charge in [0, 0.05) is 25.7 Å². The molecule has 30 heavy (non-hydrogen) atoms. The van der Waals surface area contributed by atoms with Gasteiger partial charge >= 0.3 is 5.97 Å². The molecule has 2 aromatic rings. The molecule has 1 aromatic heterocycles. The Kier molecular flexibility index (Phi) is 6.87. The molecule has 0 aliphatic carbocycles. The van der Waals surface area contributed by atoms with Crippen LogP contribution in [0.1, 0.15) is 30.3 Å². The number of likely N-dealkylation sites (tertiary alicyclic amines) is 1. The minimum absolute atomic E-state index is 0.0904. The number of piperidine rings is 1. The number of halogens is 1. The van der Waals surface area contributed by atoms with E-state index in [1.54, 1.807) is 30.0 Å². The van der Waals surface area contributed by atoms with Crippen molar-refractivity contribution in [2.75, 3.05) is 33.3 Å². The van der Waals surface area contributed by atoms with Crippen molar-refractivity contribution in [3.8, 4) is 11.3 Å². The lowest BCUT2D eigenvalue weighted by Crippen LogP contribution is -2.47. The molecule has 2 amide bonds. The maximum atomic E-state index is 13.1. The fourth-order valence-electron chi connectivity index (χ4n) is 3.44. The molecule has 1 unspecified atom stereocenters. The van der Waals surface area contributed by atoms with Gasteiger partial charge in [0.1, 0.15) is 11.6 Å². The van der Waals surface area contributed by atoms with Crippen LogP contribution in [0.3, 0.4) is 0 Å². The lowest BCUT2D eigenvalue weighted by molar-refractivity contribution is -0.151. The second-order valence-corrected chi connectivity index (χ2v) is 7.26. The molecule has 0 saturated carbocycles. The molecule has 1 aliphatic rings.